The van der Waals surface area contributed by atoms with E-state index in [1.165, 1.54) is 25.7 Å². The van der Waals surface area contributed by atoms with Crippen LogP contribution in [0.1, 0.15) is 49.0 Å². The van der Waals surface area contributed by atoms with Crippen LogP contribution in [0.15, 0.2) is 41.0 Å². The highest BCUT2D eigenvalue weighted by atomic mass is 79.9. The van der Waals surface area contributed by atoms with E-state index < -0.39 is 0 Å². The zero-order valence-electron chi connectivity index (χ0n) is 13.6. The minimum atomic E-state index is -0.0932. The monoisotopic (exact) mass is 391 g/mol. The largest absolute Gasteiger partial charge is 0.471 e. The zero-order chi connectivity index (χ0) is 16.8. The Morgan fingerprint density at radius 2 is 1.88 bits per heavy atom. The second-order valence-corrected chi connectivity index (χ2v) is 7.05. The molecule has 1 saturated carbocycles. The van der Waals surface area contributed by atoms with Gasteiger partial charge >= 0.3 is 0 Å². The number of halogens is 1. The van der Waals surface area contributed by atoms with Crippen LogP contribution in [0.4, 0.5) is 0 Å². The van der Waals surface area contributed by atoms with Crippen molar-refractivity contribution in [2.75, 3.05) is 0 Å². The van der Waals surface area contributed by atoms with Crippen LogP contribution in [0.5, 0.6) is 5.75 Å². The molecule has 1 aromatic carbocycles. The molecule has 1 fully saturated rings. The van der Waals surface area contributed by atoms with E-state index in [1.54, 1.807) is 16.9 Å². The molecule has 1 heterocycles. The molecule has 1 aliphatic rings. The van der Waals surface area contributed by atoms with E-state index in [1.807, 2.05) is 24.3 Å². The molecule has 0 bridgehead atoms. The number of carbonyl (C=O) groups excluding carboxylic acids is 1. The van der Waals surface area contributed by atoms with Crippen LogP contribution in [0.2, 0.25) is 0 Å². The fourth-order valence-corrected chi connectivity index (χ4v) is 3.17. The Bertz CT molecular complexity index is 661. The predicted octanol–water partition coefficient (Wildman–Crippen LogP) is 4.13. The molecular formula is C18H22BrN3O2. The molecule has 1 N–H and O–H groups in total. The predicted molar refractivity (Wildman–Crippen MR) is 96.0 cm³/mol. The number of hydrogen-bond acceptors (Lipinski definition) is 3. The maximum atomic E-state index is 12.3. The van der Waals surface area contributed by atoms with E-state index in [-0.39, 0.29) is 18.7 Å². The van der Waals surface area contributed by atoms with Crippen LogP contribution >= 0.6 is 15.9 Å². The molecule has 2 aromatic rings. The van der Waals surface area contributed by atoms with Crippen molar-refractivity contribution in [2.24, 2.45) is 0 Å². The van der Waals surface area contributed by atoms with Crippen molar-refractivity contribution in [1.82, 2.24) is 15.1 Å². The van der Waals surface area contributed by atoms with Gasteiger partial charge in [0.1, 0.15) is 11.4 Å². The number of carbonyl (C=O) groups is 1. The van der Waals surface area contributed by atoms with Gasteiger partial charge in [-0.25, -0.2) is 4.68 Å². The van der Waals surface area contributed by atoms with Crippen LogP contribution in [-0.2, 0) is 6.73 Å². The van der Waals surface area contributed by atoms with Crippen molar-refractivity contribution in [1.29, 1.82) is 0 Å². The molecule has 3 rings (SSSR count). The lowest BCUT2D eigenvalue weighted by Crippen LogP contribution is -2.34. The van der Waals surface area contributed by atoms with E-state index in [0.29, 0.717) is 5.69 Å². The third kappa shape index (κ3) is 4.84. The molecule has 0 radical (unpaired) electrons. The average Bonchev–Trinajstić information content (AvgIpc) is 2.92. The van der Waals surface area contributed by atoms with Crippen molar-refractivity contribution in [3.63, 3.8) is 0 Å². The van der Waals surface area contributed by atoms with Crippen LogP contribution in [0, 0.1) is 0 Å². The van der Waals surface area contributed by atoms with E-state index in [0.717, 1.165) is 23.1 Å². The summed E-state index contributed by atoms with van der Waals surface area (Å²) in [4.78, 5) is 12.3. The Hall–Kier alpha value is -1.82. The minimum Gasteiger partial charge on any atom is -0.471 e. The topological polar surface area (TPSA) is 56.2 Å². The highest BCUT2D eigenvalue weighted by molar-refractivity contribution is 9.10. The lowest BCUT2D eigenvalue weighted by Gasteiger charge is -2.15. The van der Waals surface area contributed by atoms with Crippen molar-refractivity contribution in [3.05, 3.63) is 46.7 Å². The summed E-state index contributed by atoms with van der Waals surface area (Å²) < 4.78 is 8.29. The number of nitrogens with zero attached hydrogens (tertiary/aromatic N) is 2. The number of aromatic nitrogens is 2. The Morgan fingerprint density at radius 1 is 1.17 bits per heavy atom. The first-order valence-corrected chi connectivity index (χ1v) is 9.23. The summed E-state index contributed by atoms with van der Waals surface area (Å²) in [6.07, 6.45) is 8.84. The van der Waals surface area contributed by atoms with E-state index >= 15 is 0 Å². The van der Waals surface area contributed by atoms with Gasteiger partial charge in [-0.05, 0) is 43.2 Å². The van der Waals surface area contributed by atoms with Gasteiger partial charge in [0.2, 0.25) is 0 Å². The molecular weight excluding hydrogens is 370 g/mol. The van der Waals surface area contributed by atoms with Gasteiger partial charge in [0.25, 0.3) is 5.91 Å². The average molecular weight is 392 g/mol. The molecule has 0 atom stereocenters. The molecule has 6 heteroatoms. The highest BCUT2D eigenvalue weighted by Crippen LogP contribution is 2.18. The summed E-state index contributed by atoms with van der Waals surface area (Å²) in [5.41, 5.74) is 0.443. The molecule has 1 aliphatic carbocycles. The van der Waals surface area contributed by atoms with Crippen LogP contribution in [0.3, 0.4) is 0 Å². The van der Waals surface area contributed by atoms with Gasteiger partial charge in [0.15, 0.2) is 6.73 Å². The van der Waals surface area contributed by atoms with Crippen LogP contribution < -0.4 is 10.1 Å². The SMILES string of the molecule is O=C(NC1CCCCCC1)c1ccn(COc2ccc(Br)cc2)n1. The molecule has 0 aliphatic heterocycles. The van der Waals surface area contributed by atoms with E-state index in [9.17, 15) is 4.79 Å². The first kappa shape index (κ1) is 17.0. The summed E-state index contributed by atoms with van der Waals surface area (Å²) in [6, 6.07) is 9.62. The lowest BCUT2D eigenvalue weighted by atomic mass is 10.1. The molecule has 1 amide bonds. The molecule has 0 saturated heterocycles. The molecule has 24 heavy (non-hydrogen) atoms. The third-order valence-electron chi connectivity index (χ3n) is 4.24. The first-order valence-electron chi connectivity index (χ1n) is 8.43. The molecule has 1 aromatic heterocycles. The van der Waals surface area contributed by atoms with Crippen LogP contribution in [-0.4, -0.2) is 21.7 Å². The Morgan fingerprint density at radius 3 is 2.58 bits per heavy atom. The summed E-state index contributed by atoms with van der Waals surface area (Å²) in [5, 5.41) is 7.41. The van der Waals surface area contributed by atoms with E-state index in [4.69, 9.17) is 4.74 Å². The number of nitrogens with one attached hydrogen (secondary N) is 1. The van der Waals surface area contributed by atoms with Gasteiger partial charge in [-0.15, -0.1) is 0 Å². The summed E-state index contributed by atoms with van der Waals surface area (Å²) in [6.45, 7) is 0.276. The number of ether oxygens (including phenoxy) is 1. The Balaban J connectivity index is 1.52. The summed E-state index contributed by atoms with van der Waals surface area (Å²) >= 11 is 3.39. The molecule has 128 valence electrons. The van der Waals surface area contributed by atoms with Gasteiger partial charge in [-0.2, -0.15) is 5.10 Å². The van der Waals surface area contributed by atoms with E-state index in [2.05, 4.69) is 26.3 Å². The molecule has 5 nitrogen and oxygen atoms in total. The van der Waals surface area contributed by atoms with Crippen molar-refractivity contribution in [3.8, 4) is 5.75 Å². The minimum absolute atomic E-state index is 0.0932. The first-order chi connectivity index (χ1) is 11.7. The van der Waals surface area contributed by atoms with Crippen molar-refractivity contribution in [2.45, 2.75) is 51.3 Å². The van der Waals surface area contributed by atoms with Gasteiger partial charge in [0.05, 0.1) is 0 Å². The Kier molecular flexibility index (Phi) is 5.91. The number of rotatable bonds is 5. The van der Waals surface area contributed by atoms with Gasteiger partial charge in [0, 0.05) is 16.7 Å². The second-order valence-electron chi connectivity index (χ2n) is 6.13. The molecule has 0 unspecified atom stereocenters. The number of amides is 1. The van der Waals surface area contributed by atoms with Gasteiger partial charge < -0.3 is 10.1 Å². The quantitative estimate of drug-likeness (QED) is 0.779. The zero-order valence-corrected chi connectivity index (χ0v) is 15.2. The van der Waals surface area contributed by atoms with Crippen LogP contribution in [0.25, 0.3) is 0 Å². The third-order valence-corrected chi connectivity index (χ3v) is 4.77. The number of benzene rings is 1. The van der Waals surface area contributed by atoms with Crippen molar-refractivity contribution >= 4 is 21.8 Å². The van der Waals surface area contributed by atoms with Gasteiger partial charge in [-0.3, -0.25) is 4.79 Å². The second kappa shape index (κ2) is 8.33. The summed E-state index contributed by atoms with van der Waals surface area (Å²) in [7, 11) is 0. The highest BCUT2D eigenvalue weighted by Gasteiger charge is 2.17. The normalized spacial score (nSPS) is 15.7. The maximum Gasteiger partial charge on any atom is 0.271 e. The van der Waals surface area contributed by atoms with Gasteiger partial charge in [-0.1, -0.05) is 41.6 Å². The fraction of sp³-hybridized carbons (Fsp3) is 0.444. The Labute approximate surface area is 150 Å². The smallest absolute Gasteiger partial charge is 0.271 e. The number of hydrogen-bond donors (Lipinski definition) is 1. The lowest BCUT2D eigenvalue weighted by molar-refractivity contribution is 0.0926. The standard InChI is InChI=1S/C18H22BrN3O2/c19-14-7-9-16(10-8-14)24-13-22-12-11-17(21-22)18(23)20-15-5-3-1-2-4-6-15/h7-12,15H,1-6,13H2,(H,20,23). The summed E-state index contributed by atoms with van der Waals surface area (Å²) in [5.74, 6) is 0.669. The van der Waals surface area contributed by atoms with Crippen molar-refractivity contribution < 1.29 is 9.53 Å². The molecule has 0 spiro atoms. The fourth-order valence-electron chi connectivity index (χ4n) is 2.91. The maximum absolute atomic E-state index is 12.3.